The molecule has 0 rings (SSSR count). The van der Waals surface area contributed by atoms with Crippen molar-refractivity contribution in [2.24, 2.45) is 5.92 Å². The van der Waals surface area contributed by atoms with Crippen molar-refractivity contribution in [3.05, 3.63) is 11.6 Å². The normalized spacial score (nSPS) is 8.69. The minimum atomic E-state index is 0. The highest BCUT2D eigenvalue weighted by Gasteiger charge is 1.95. The lowest BCUT2D eigenvalue weighted by Crippen LogP contribution is -1.87. The first-order valence-corrected chi connectivity index (χ1v) is 4.90. The third-order valence-electron chi connectivity index (χ3n) is 1.71. The fraction of sp³-hybridized carbons (Fsp3) is 0.818. The van der Waals surface area contributed by atoms with Crippen LogP contribution in [0.5, 0.6) is 0 Å². The van der Waals surface area contributed by atoms with Crippen molar-refractivity contribution in [3.8, 4) is 0 Å². The molecule has 0 amide bonds. The second-order valence-electron chi connectivity index (χ2n) is 3.57. The molecule has 3 N–H and O–H groups in total. The third kappa shape index (κ3) is 12.0. The lowest BCUT2D eigenvalue weighted by molar-refractivity contribution is 0.753. The largest absolute Gasteiger partial charge is 0.344 e. The van der Waals surface area contributed by atoms with Gasteiger partial charge in [-0.2, -0.15) is 0 Å². The molecule has 0 bridgehead atoms. The molecule has 1 nitrogen and oxygen atoms in total. The summed E-state index contributed by atoms with van der Waals surface area (Å²) >= 11 is 0. The van der Waals surface area contributed by atoms with Crippen LogP contribution < -0.4 is 6.15 Å². The lowest BCUT2D eigenvalue weighted by Gasteiger charge is -2.05. The van der Waals surface area contributed by atoms with E-state index in [9.17, 15) is 0 Å². The topological polar surface area (TPSA) is 35.0 Å². The van der Waals surface area contributed by atoms with Gasteiger partial charge in [0, 0.05) is 0 Å². The van der Waals surface area contributed by atoms with Crippen LogP contribution in [-0.4, -0.2) is 0 Å². The molecular formula is C11H26ClN. The standard InChI is InChI=1S/C11H22.ClH.H3N/c1-5-7-11(8-6-2)9-10(3)4;;/h9-10H,5-8H2,1-4H3;1H;1H3. The van der Waals surface area contributed by atoms with Crippen molar-refractivity contribution in [1.82, 2.24) is 6.15 Å². The SMILES string of the molecule is CCCC(=CC(C)C)CCC.Cl.N. The maximum Gasteiger partial charge on any atom is -0.0288 e. The Bertz CT molecular complexity index is 111. The number of hydrogen-bond donors (Lipinski definition) is 1. The molecule has 0 aromatic heterocycles. The summed E-state index contributed by atoms with van der Waals surface area (Å²) < 4.78 is 0. The maximum atomic E-state index is 2.42. The summed E-state index contributed by atoms with van der Waals surface area (Å²) in [6, 6.07) is 0. The van der Waals surface area contributed by atoms with Crippen LogP contribution in [0.1, 0.15) is 53.4 Å². The van der Waals surface area contributed by atoms with E-state index >= 15 is 0 Å². The summed E-state index contributed by atoms with van der Waals surface area (Å²) in [6.07, 6.45) is 7.60. The highest BCUT2D eigenvalue weighted by atomic mass is 35.5. The third-order valence-corrected chi connectivity index (χ3v) is 1.71. The van der Waals surface area contributed by atoms with E-state index in [-0.39, 0.29) is 18.6 Å². The molecule has 0 aliphatic rings. The zero-order valence-electron chi connectivity index (χ0n) is 9.60. The smallest absolute Gasteiger partial charge is 0.0288 e. The zero-order chi connectivity index (χ0) is 8.69. The molecule has 0 heterocycles. The summed E-state index contributed by atoms with van der Waals surface area (Å²) in [5.74, 6) is 0.725. The van der Waals surface area contributed by atoms with Gasteiger partial charge in [0.05, 0.1) is 0 Å². The van der Waals surface area contributed by atoms with E-state index in [1.54, 1.807) is 5.57 Å². The van der Waals surface area contributed by atoms with E-state index in [0.717, 1.165) is 5.92 Å². The number of rotatable bonds is 5. The Morgan fingerprint density at radius 2 is 1.46 bits per heavy atom. The molecule has 2 heteroatoms. The van der Waals surface area contributed by atoms with Crippen LogP contribution >= 0.6 is 12.4 Å². The summed E-state index contributed by atoms with van der Waals surface area (Å²) in [5, 5.41) is 0. The number of halogens is 1. The molecule has 0 radical (unpaired) electrons. The van der Waals surface area contributed by atoms with Crippen LogP contribution in [0, 0.1) is 5.92 Å². The van der Waals surface area contributed by atoms with Crippen molar-refractivity contribution in [1.29, 1.82) is 0 Å². The molecule has 0 aliphatic carbocycles. The van der Waals surface area contributed by atoms with E-state index in [2.05, 4.69) is 33.8 Å². The summed E-state index contributed by atoms with van der Waals surface area (Å²) in [6.45, 7) is 9.02. The van der Waals surface area contributed by atoms with Crippen LogP contribution in [0.15, 0.2) is 11.6 Å². The molecule has 82 valence electrons. The van der Waals surface area contributed by atoms with Crippen LogP contribution in [0.3, 0.4) is 0 Å². The van der Waals surface area contributed by atoms with Crippen molar-refractivity contribution in [2.45, 2.75) is 53.4 Å². The molecule has 0 fully saturated rings. The van der Waals surface area contributed by atoms with Crippen LogP contribution in [0.4, 0.5) is 0 Å². The predicted molar refractivity (Wildman–Crippen MR) is 65.0 cm³/mol. The van der Waals surface area contributed by atoms with E-state index in [0.29, 0.717) is 0 Å². The molecule has 0 aromatic carbocycles. The highest BCUT2D eigenvalue weighted by Crippen LogP contribution is 2.14. The first-order chi connectivity index (χ1) is 5.20. The van der Waals surface area contributed by atoms with Crippen LogP contribution in [0.2, 0.25) is 0 Å². The minimum Gasteiger partial charge on any atom is -0.344 e. The van der Waals surface area contributed by atoms with Gasteiger partial charge in [-0.3, -0.25) is 0 Å². The Labute approximate surface area is 90.0 Å². The highest BCUT2D eigenvalue weighted by molar-refractivity contribution is 5.85. The van der Waals surface area contributed by atoms with Gasteiger partial charge < -0.3 is 6.15 Å². The lowest BCUT2D eigenvalue weighted by atomic mass is 10.0. The molecule has 0 aliphatic heterocycles. The van der Waals surface area contributed by atoms with E-state index < -0.39 is 0 Å². The second kappa shape index (κ2) is 12.0. The molecule has 0 saturated heterocycles. The van der Waals surface area contributed by atoms with Crippen LogP contribution in [-0.2, 0) is 0 Å². The Balaban J connectivity index is -0.000000500. The van der Waals surface area contributed by atoms with Gasteiger partial charge >= 0.3 is 0 Å². The fourth-order valence-electron chi connectivity index (χ4n) is 1.41. The Kier molecular flexibility index (Phi) is 17.3. The molecule has 0 spiro atoms. The Morgan fingerprint density at radius 3 is 1.69 bits per heavy atom. The second-order valence-corrected chi connectivity index (χ2v) is 3.57. The van der Waals surface area contributed by atoms with Gasteiger partial charge in [-0.25, -0.2) is 0 Å². The van der Waals surface area contributed by atoms with Gasteiger partial charge in [-0.1, -0.05) is 52.2 Å². The summed E-state index contributed by atoms with van der Waals surface area (Å²) in [5.41, 5.74) is 1.66. The molecular weight excluding hydrogens is 182 g/mol. The quantitative estimate of drug-likeness (QED) is 0.649. The summed E-state index contributed by atoms with van der Waals surface area (Å²) in [7, 11) is 0. The van der Waals surface area contributed by atoms with E-state index in [1.165, 1.54) is 25.7 Å². The maximum absolute atomic E-state index is 2.42. The summed E-state index contributed by atoms with van der Waals surface area (Å²) in [4.78, 5) is 0. The van der Waals surface area contributed by atoms with Crippen LogP contribution in [0.25, 0.3) is 0 Å². The molecule has 0 atom stereocenters. The predicted octanol–water partition coefficient (Wildman–Crippen LogP) is 4.75. The van der Waals surface area contributed by atoms with Crippen molar-refractivity contribution < 1.29 is 0 Å². The molecule has 0 aromatic rings. The van der Waals surface area contributed by atoms with Gasteiger partial charge in [0.2, 0.25) is 0 Å². The van der Waals surface area contributed by atoms with Gasteiger partial charge in [-0.05, 0) is 18.8 Å². The first kappa shape index (κ1) is 18.7. The minimum absolute atomic E-state index is 0. The number of hydrogen-bond acceptors (Lipinski definition) is 1. The first-order valence-electron chi connectivity index (χ1n) is 4.90. The molecule has 13 heavy (non-hydrogen) atoms. The van der Waals surface area contributed by atoms with Crippen molar-refractivity contribution >= 4 is 12.4 Å². The Hall–Kier alpha value is -0.0100. The molecule has 0 unspecified atom stereocenters. The van der Waals surface area contributed by atoms with Crippen molar-refractivity contribution in [3.63, 3.8) is 0 Å². The monoisotopic (exact) mass is 207 g/mol. The molecule has 0 saturated carbocycles. The average Bonchev–Trinajstić information content (AvgIpc) is 1.87. The van der Waals surface area contributed by atoms with E-state index in [1.807, 2.05) is 0 Å². The Morgan fingerprint density at radius 1 is 1.08 bits per heavy atom. The van der Waals surface area contributed by atoms with Gasteiger partial charge in [0.1, 0.15) is 0 Å². The van der Waals surface area contributed by atoms with E-state index in [4.69, 9.17) is 0 Å². The number of allylic oxidation sites excluding steroid dienone is 2. The van der Waals surface area contributed by atoms with Gasteiger partial charge in [0.25, 0.3) is 0 Å². The zero-order valence-corrected chi connectivity index (χ0v) is 10.4. The van der Waals surface area contributed by atoms with Gasteiger partial charge in [-0.15, -0.1) is 12.4 Å². The fourth-order valence-corrected chi connectivity index (χ4v) is 1.41. The average molecular weight is 208 g/mol. The van der Waals surface area contributed by atoms with Crippen molar-refractivity contribution in [2.75, 3.05) is 0 Å². The van der Waals surface area contributed by atoms with Gasteiger partial charge in [0.15, 0.2) is 0 Å².